The number of Topliss-reactive ketones (excluding diaryl/α,β-unsaturated/α-hetero) is 1. The SMILES string of the molecule is CC(C)COc1ccc(/C(O)=C2\C(=O)C(=O)N(CCCN3CCOCC3)C2c2ccc(Br)cc2)cc1. The fourth-order valence-corrected chi connectivity index (χ4v) is 4.78. The lowest BCUT2D eigenvalue weighted by Crippen LogP contribution is -2.38. The minimum atomic E-state index is -0.660. The maximum Gasteiger partial charge on any atom is 0.295 e. The molecule has 2 aliphatic rings. The van der Waals surface area contributed by atoms with Crippen molar-refractivity contribution in [1.29, 1.82) is 0 Å². The minimum Gasteiger partial charge on any atom is -0.507 e. The smallest absolute Gasteiger partial charge is 0.295 e. The maximum atomic E-state index is 13.2. The van der Waals surface area contributed by atoms with Gasteiger partial charge in [-0.3, -0.25) is 14.5 Å². The van der Waals surface area contributed by atoms with Crippen molar-refractivity contribution >= 4 is 33.4 Å². The summed E-state index contributed by atoms with van der Waals surface area (Å²) in [6, 6.07) is 13.8. The van der Waals surface area contributed by atoms with Crippen LogP contribution in [0.25, 0.3) is 5.76 Å². The first-order valence-corrected chi connectivity index (χ1v) is 13.2. The Bertz CT molecular complexity index is 1090. The molecule has 2 aromatic rings. The van der Waals surface area contributed by atoms with Crippen LogP contribution in [0, 0.1) is 5.92 Å². The third-order valence-electron chi connectivity index (χ3n) is 6.41. The zero-order valence-corrected chi connectivity index (χ0v) is 22.4. The van der Waals surface area contributed by atoms with Gasteiger partial charge in [0.1, 0.15) is 11.5 Å². The molecule has 1 unspecified atom stereocenters. The Kier molecular flexibility index (Phi) is 8.82. The number of rotatable bonds is 9. The average molecular weight is 557 g/mol. The number of hydrogen-bond acceptors (Lipinski definition) is 6. The van der Waals surface area contributed by atoms with Crippen molar-refractivity contribution in [2.24, 2.45) is 5.92 Å². The first-order chi connectivity index (χ1) is 17.3. The molecule has 8 heteroatoms. The topological polar surface area (TPSA) is 79.3 Å². The number of aliphatic hydroxyl groups is 1. The van der Waals surface area contributed by atoms with E-state index in [1.807, 2.05) is 24.3 Å². The lowest BCUT2D eigenvalue weighted by atomic mass is 9.95. The van der Waals surface area contributed by atoms with Crippen LogP contribution in [0.1, 0.15) is 37.4 Å². The highest BCUT2D eigenvalue weighted by atomic mass is 79.9. The number of carbonyl (C=O) groups excluding carboxylic acids is 2. The number of ether oxygens (including phenoxy) is 2. The van der Waals surface area contributed by atoms with Gasteiger partial charge in [0, 0.05) is 36.2 Å². The predicted octanol–water partition coefficient (Wildman–Crippen LogP) is 4.63. The van der Waals surface area contributed by atoms with Gasteiger partial charge in [-0.1, -0.05) is 41.9 Å². The molecule has 2 aliphatic heterocycles. The number of carbonyl (C=O) groups is 2. The normalized spacial score (nSPS) is 20.3. The van der Waals surface area contributed by atoms with Gasteiger partial charge < -0.3 is 19.5 Å². The molecule has 0 spiro atoms. The third-order valence-corrected chi connectivity index (χ3v) is 6.94. The Labute approximate surface area is 220 Å². The molecule has 1 amide bonds. The van der Waals surface area contributed by atoms with E-state index in [1.54, 1.807) is 29.2 Å². The summed E-state index contributed by atoms with van der Waals surface area (Å²) in [7, 11) is 0. The average Bonchev–Trinajstić information content (AvgIpc) is 3.13. The van der Waals surface area contributed by atoms with Gasteiger partial charge in [0.25, 0.3) is 11.7 Å². The summed E-state index contributed by atoms with van der Waals surface area (Å²) in [5.74, 6) is -0.334. The summed E-state index contributed by atoms with van der Waals surface area (Å²) >= 11 is 3.45. The molecule has 192 valence electrons. The van der Waals surface area contributed by atoms with Gasteiger partial charge in [-0.05, 0) is 54.3 Å². The Hall–Kier alpha value is -2.68. The zero-order valence-electron chi connectivity index (χ0n) is 20.8. The molecular weight excluding hydrogens is 524 g/mol. The maximum absolute atomic E-state index is 13.2. The van der Waals surface area contributed by atoms with Gasteiger partial charge >= 0.3 is 0 Å². The quantitative estimate of drug-likeness (QED) is 0.275. The molecule has 0 saturated carbocycles. The Morgan fingerprint density at radius 1 is 1.06 bits per heavy atom. The van der Waals surface area contributed by atoms with Gasteiger partial charge in [0.05, 0.1) is 31.4 Å². The van der Waals surface area contributed by atoms with Crippen molar-refractivity contribution in [3.8, 4) is 5.75 Å². The van der Waals surface area contributed by atoms with E-state index in [1.165, 1.54) is 0 Å². The molecule has 2 fully saturated rings. The standard InChI is InChI=1S/C28H33BrN2O5/c1-19(2)18-36-23-10-6-21(7-11-23)26(32)24-25(20-4-8-22(29)9-5-20)31(28(34)27(24)33)13-3-12-30-14-16-35-17-15-30/h4-11,19,25,32H,3,12-18H2,1-2H3/b26-24+. The number of hydrogen-bond donors (Lipinski definition) is 1. The fourth-order valence-electron chi connectivity index (χ4n) is 4.52. The van der Waals surface area contributed by atoms with Gasteiger partial charge in [0.2, 0.25) is 0 Å². The van der Waals surface area contributed by atoms with E-state index in [0.717, 1.165) is 36.1 Å². The van der Waals surface area contributed by atoms with Crippen LogP contribution in [-0.2, 0) is 14.3 Å². The van der Waals surface area contributed by atoms with Gasteiger partial charge in [-0.25, -0.2) is 0 Å². The molecule has 7 nitrogen and oxygen atoms in total. The predicted molar refractivity (Wildman–Crippen MR) is 142 cm³/mol. The molecule has 2 aromatic carbocycles. The highest BCUT2D eigenvalue weighted by Crippen LogP contribution is 2.40. The molecule has 1 atom stereocenters. The largest absolute Gasteiger partial charge is 0.507 e. The first kappa shape index (κ1) is 26.4. The number of halogens is 1. The molecule has 0 bridgehead atoms. The molecule has 1 N–H and O–H groups in total. The summed E-state index contributed by atoms with van der Waals surface area (Å²) in [6.45, 7) is 9.13. The molecule has 4 rings (SSSR count). The Balaban J connectivity index is 1.61. The van der Waals surface area contributed by atoms with Crippen LogP contribution in [-0.4, -0.2) is 72.6 Å². The summed E-state index contributed by atoms with van der Waals surface area (Å²) in [6.07, 6.45) is 0.724. The Morgan fingerprint density at radius 3 is 2.36 bits per heavy atom. The number of nitrogens with zero attached hydrogens (tertiary/aromatic N) is 2. The summed E-state index contributed by atoms with van der Waals surface area (Å²) < 4.78 is 12.0. The van der Waals surface area contributed by atoms with E-state index in [-0.39, 0.29) is 11.3 Å². The van der Waals surface area contributed by atoms with Gasteiger partial charge in [0.15, 0.2) is 0 Å². The van der Waals surface area contributed by atoms with Crippen LogP contribution in [0.5, 0.6) is 5.75 Å². The molecular formula is C28H33BrN2O5. The van der Waals surface area contributed by atoms with Crippen LogP contribution >= 0.6 is 15.9 Å². The number of aliphatic hydroxyl groups excluding tert-OH is 1. The van der Waals surface area contributed by atoms with E-state index in [4.69, 9.17) is 9.47 Å². The molecule has 2 heterocycles. The number of ketones is 1. The monoisotopic (exact) mass is 556 g/mol. The van der Waals surface area contributed by atoms with Crippen LogP contribution in [0.15, 0.2) is 58.6 Å². The van der Waals surface area contributed by atoms with Crippen molar-refractivity contribution in [1.82, 2.24) is 9.80 Å². The number of likely N-dealkylation sites (tertiary alicyclic amines) is 1. The van der Waals surface area contributed by atoms with E-state index in [0.29, 0.717) is 43.6 Å². The molecule has 0 aromatic heterocycles. The van der Waals surface area contributed by atoms with E-state index in [9.17, 15) is 14.7 Å². The highest BCUT2D eigenvalue weighted by Gasteiger charge is 2.45. The third kappa shape index (κ3) is 6.17. The Morgan fingerprint density at radius 2 is 1.72 bits per heavy atom. The lowest BCUT2D eigenvalue weighted by molar-refractivity contribution is -0.140. The van der Waals surface area contributed by atoms with Gasteiger partial charge in [-0.15, -0.1) is 0 Å². The molecule has 36 heavy (non-hydrogen) atoms. The van der Waals surface area contributed by atoms with E-state index < -0.39 is 17.7 Å². The molecule has 0 radical (unpaired) electrons. The minimum absolute atomic E-state index is 0.115. The first-order valence-electron chi connectivity index (χ1n) is 12.4. The second kappa shape index (κ2) is 12.0. The van der Waals surface area contributed by atoms with Crippen molar-refractivity contribution in [2.75, 3.05) is 46.0 Å². The van der Waals surface area contributed by atoms with Crippen molar-refractivity contribution in [3.63, 3.8) is 0 Å². The van der Waals surface area contributed by atoms with Crippen molar-refractivity contribution in [2.45, 2.75) is 26.3 Å². The fraction of sp³-hybridized carbons (Fsp3) is 0.429. The van der Waals surface area contributed by atoms with Crippen molar-refractivity contribution < 1.29 is 24.2 Å². The van der Waals surface area contributed by atoms with Crippen molar-refractivity contribution in [3.05, 3.63) is 69.7 Å². The van der Waals surface area contributed by atoms with E-state index >= 15 is 0 Å². The highest BCUT2D eigenvalue weighted by molar-refractivity contribution is 9.10. The van der Waals surface area contributed by atoms with Gasteiger partial charge in [-0.2, -0.15) is 0 Å². The summed E-state index contributed by atoms with van der Waals surface area (Å²) in [4.78, 5) is 30.3. The number of amides is 1. The zero-order chi connectivity index (χ0) is 25.7. The number of morpholine rings is 1. The van der Waals surface area contributed by atoms with Crippen LogP contribution in [0.2, 0.25) is 0 Å². The molecule has 0 aliphatic carbocycles. The summed E-state index contributed by atoms with van der Waals surface area (Å²) in [5.41, 5.74) is 1.37. The second-order valence-electron chi connectivity index (χ2n) is 9.58. The van der Waals surface area contributed by atoms with Crippen LogP contribution < -0.4 is 4.74 Å². The second-order valence-corrected chi connectivity index (χ2v) is 10.5. The molecule has 2 saturated heterocycles. The van der Waals surface area contributed by atoms with E-state index in [2.05, 4.69) is 34.7 Å². The summed E-state index contributed by atoms with van der Waals surface area (Å²) in [5, 5.41) is 11.3. The van der Waals surface area contributed by atoms with Crippen LogP contribution in [0.3, 0.4) is 0 Å². The lowest BCUT2D eigenvalue weighted by Gasteiger charge is -2.29. The van der Waals surface area contributed by atoms with Crippen LogP contribution in [0.4, 0.5) is 0 Å². The number of benzene rings is 2.